The average Bonchev–Trinajstić information content (AvgIpc) is 2.72. The van der Waals surface area contributed by atoms with Gasteiger partial charge >= 0.3 is 5.97 Å². The molecule has 0 aliphatic heterocycles. The van der Waals surface area contributed by atoms with Gasteiger partial charge in [0.1, 0.15) is 6.61 Å². The first kappa shape index (κ1) is 19.9. The van der Waals surface area contributed by atoms with Crippen molar-refractivity contribution in [1.29, 1.82) is 0 Å². The molecule has 0 bridgehead atoms. The maximum absolute atomic E-state index is 10.9. The fourth-order valence-corrected chi connectivity index (χ4v) is 3.30. The van der Waals surface area contributed by atoms with Crippen LogP contribution in [0.2, 0.25) is 0 Å². The minimum Gasteiger partial charge on any atom is -0.493 e. The average molecular weight is 487 g/mol. The summed E-state index contributed by atoms with van der Waals surface area (Å²) in [6.45, 7) is 0.309. The first-order valence-corrected chi connectivity index (χ1v) is 9.56. The third kappa shape index (κ3) is 5.10. The van der Waals surface area contributed by atoms with Gasteiger partial charge in [0.15, 0.2) is 11.5 Å². The highest BCUT2D eigenvalue weighted by atomic mass is 127. The molecule has 0 atom stereocenters. The Hall–Kier alpha value is -2.87. The third-order valence-corrected chi connectivity index (χ3v) is 4.76. The van der Waals surface area contributed by atoms with Crippen LogP contribution >= 0.6 is 22.6 Å². The summed E-state index contributed by atoms with van der Waals surface area (Å²) in [6.07, 6.45) is 1.79. The van der Waals surface area contributed by atoms with Crippen LogP contribution in [-0.4, -0.2) is 24.4 Å². The molecule has 3 aromatic carbocycles. The van der Waals surface area contributed by atoms with Crippen LogP contribution in [0, 0.1) is 3.57 Å². The van der Waals surface area contributed by atoms with Crippen LogP contribution in [-0.2, 0) is 6.61 Å². The second-order valence-corrected chi connectivity index (χ2v) is 7.08. The Balaban J connectivity index is 1.76. The summed E-state index contributed by atoms with van der Waals surface area (Å²) in [7, 11) is 1.60. The van der Waals surface area contributed by atoms with Gasteiger partial charge in [-0.3, -0.25) is 4.99 Å². The largest absolute Gasteiger partial charge is 0.493 e. The summed E-state index contributed by atoms with van der Waals surface area (Å²) in [5, 5.41) is 8.97. The molecule has 0 amide bonds. The first-order chi connectivity index (χ1) is 13.6. The van der Waals surface area contributed by atoms with Gasteiger partial charge in [-0.1, -0.05) is 30.3 Å². The molecular weight excluding hydrogens is 469 g/mol. The minimum absolute atomic E-state index is 0.248. The monoisotopic (exact) mass is 487 g/mol. The van der Waals surface area contributed by atoms with Crippen molar-refractivity contribution in [2.45, 2.75) is 6.61 Å². The second kappa shape index (κ2) is 9.36. The molecule has 0 aliphatic carbocycles. The zero-order chi connectivity index (χ0) is 19.9. The van der Waals surface area contributed by atoms with Crippen molar-refractivity contribution in [3.8, 4) is 11.5 Å². The molecule has 1 N–H and O–H groups in total. The molecule has 5 nitrogen and oxygen atoms in total. The summed E-state index contributed by atoms with van der Waals surface area (Å²) in [6, 6.07) is 20.2. The van der Waals surface area contributed by atoms with Crippen LogP contribution in [0.3, 0.4) is 0 Å². The zero-order valence-corrected chi connectivity index (χ0v) is 17.3. The van der Waals surface area contributed by atoms with E-state index in [1.807, 2.05) is 42.5 Å². The van der Waals surface area contributed by atoms with Crippen LogP contribution < -0.4 is 9.47 Å². The van der Waals surface area contributed by atoms with Crippen molar-refractivity contribution in [3.63, 3.8) is 0 Å². The van der Waals surface area contributed by atoms with Crippen molar-refractivity contribution in [3.05, 3.63) is 87.0 Å². The van der Waals surface area contributed by atoms with Gasteiger partial charge < -0.3 is 14.6 Å². The molecule has 142 valence electrons. The summed E-state index contributed by atoms with van der Waals surface area (Å²) < 4.78 is 12.3. The Bertz CT molecular complexity index is 985. The number of carboxylic acid groups (broad SMARTS) is 1. The van der Waals surface area contributed by atoms with Gasteiger partial charge in [-0.05, 0) is 70.1 Å². The lowest BCUT2D eigenvalue weighted by Crippen LogP contribution is -2.02. The number of benzene rings is 3. The maximum atomic E-state index is 10.9. The molecule has 6 heteroatoms. The fraction of sp³-hybridized carbons (Fsp3) is 0.0909. The van der Waals surface area contributed by atoms with E-state index < -0.39 is 5.97 Å². The van der Waals surface area contributed by atoms with E-state index in [9.17, 15) is 4.79 Å². The summed E-state index contributed by atoms with van der Waals surface area (Å²) in [4.78, 5) is 15.4. The first-order valence-electron chi connectivity index (χ1n) is 8.48. The predicted octanol–water partition coefficient (Wildman–Crippen LogP) is 5.33. The van der Waals surface area contributed by atoms with E-state index >= 15 is 0 Å². The highest BCUT2D eigenvalue weighted by Gasteiger charge is 2.12. The van der Waals surface area contributed by atoms with Crippen LogP contribution in [0.1, 0.15) is 21.5 Å². The molecular formula is C22H18INO4. The Morgan fingerprint density at radius 2 is 1.82 bits per heavy atom. The van der Waals surface area contributed by atoms with Gasteiger partial charge in [-0.25, -0.2) is 4.79 Å². The number of aromatic carboxylic acids is 1. The van der Waals surface area contributed by atoms with Crippen LogP contribution in [0.4, 0.5) is 5.69 Å². The summed E-state index contributed by atoms with van der Waals surface area (Å²) >= 11 is 2.20. The van der Waals surface area contributed by atoms with Crippen LogP contribution in [0.25, 0.3) is 0 Å². The molecule has 0 unspecified atom stereocenters. The molecule has 0 spiro atoms. The zero-order valence-electron chi connectivity index (χ0n) is 15.1. The van der Waals surface area contributed by atoms with E-state index in [-0.39, 0.29) is 5.56 Å². The predicted molar refractivity (Wildman–Crippen MR) is 117 cm³/mol. The van der Waals surface area contributed by atoms with Gasteiger partial charge in [0.05, 0.1) is 21.9 Å². The number of ether oxygens (including phenoxy) is 2. The van der Waals surface area contributed by atoms with Gasteiger partial charge in [-0.2, -0.15) is 0 Å². The number of methoxy groups -OCH3 is 1. The number of nitrogens with zero attached hydrogens (tertiary/aromatic N) is 1. The minimum atomic E-state index is -0.948. The Kier molecular flexibility index (Phi) is 6.65. The van der Waals surface area contributed by atoms with Crippen molar-refractivity contribution in [1.82, 2.24) is 0 Å². The second-order valence-electron chi connectivity index (χ2n) is 5.92. The molecule has 0 saturated carbocycles. The Morgan fingerprint density at radius 3 is 2.46 bits per heavy atom. The number of halogens is 1. The molecule has 0 saturated heterocycles. The van der Waals surface area contributed by atoms with Crippen LogP contribution in [0.5, 0.6) is 11.5 Å². The molecule has 3 rings (SSSR count). The highest BCUT2D eigenvalue weighted by Crippen LogP contribution is 2.34. The van der Waals surface area contributed by atoms with Crippen molar-refractivity contribution in [2.24, 2.45) is 4.99 Å². The molecule has 0 aliphatic rings. The smallest absolute Gasteiger partial charge is 0.335 e. The topological polar surface area (TPSA) is 68.1 Å². The van der Waals surface area contributed by atoms with E-state index in [0.717, 1.165) is 20.4 Å². The lowest BCUT2D eigenvalue weighted by Gasteiger charge is -2.13. The van der Waals surface area contributed by atoms with Crippen molar-refractivity contribution >= 4 is 40.5 Å². The Labute approximate surface area is 176 Å². The van der Waals surface area contributed by atoms with E-state index in [2.05, 4.69) is 27.6 Å². The number of aliphatic imine (C=N–C) groups is 1. The van der Waals surface area contributed by atoms with Gasteiger partial charge in [-0.15, -0.1) is 0 Å². The quantitative estimate of drug-likeness (QED) is 0.362. The van der Waals surface area contributed by atoms with Crippen molar-refractivity contribution < 1.29 is 19.4 Å². The molecule has 0 radical (unpaired) electrons. The number of hydrogen-bond acceptors (Lipinski definition) is 4. The SMILES string of the molecule is COc1cc(C=Nc2ccccc2)cc(I)c1OCc1ccc(C(=O)O)cc1. The molecule has 0 fully saturated rings. The lowest BCUT2D eigenvalue weighted by atomic mass is 10.1. The molecule has 28 heavy (non-hydrogen) atoms. The Morgan fingerprint density at radius 1 is 1.11 bits per heavy atom. The summed E-state index contributed by atoms with van der Waals surface area (Å²) in [5.41, 5.74) is 2.90. The molecule has 0 aromatic heterocycles. The van der Waals surface area contributed by atoms with E-state index in [0.29, 0.717) is 18.1 Å². The lowest BCUT2D eigenvalue weighted by molar-refractivity contribution is 0.0697. The normalized spacial score (nSPS) is 10.8. The third-order valence-electron chi connectivity index (χ3n) is 3.95. The maximum Gasteiger partial charge on any atom is 0.335 e. The fourth-order valence-electron chi connectivity index (χ4n) is 2.52. The number of rotatable bonds is 7. The van der Waals surface area contributed by atoms with Crippen LogP contribution in [0.15, 0.2) is 71.7 Å². The standard InChI is InChI=1S/C22H18INO4/c1-27-20-12-16(13-24-18-5-3-2-4-6-18)11-19(23)21(20)28-14-15-7-9-17(10-8-15)22(25)26/h2-13H,14H2,1H3,(H,25,26). The van der Waals surface area contributed by atoms with E-state index in [1.165, 1.54) is 0 Å². The number of carboxylic acids is 1. The molecule has 0 heterocycles. The summed E-state index contributed by atoms with van der Waals surface area (Å²) in [5.74, 6) is 0.308. The number of para-hydroxylation sites is 1. The van der Waals surface area contributed by atoms with Crippen molar-refractivity contribution in [2.75, 3.05) is 7.11 Å². The molecule has 3 aromatic rings. The van der Waals surface area contributed by atoms with Gasteiger partial charge in [0, 0.05) is 6.21 Å². The number of hydrogen-bond donors (Lipinski definition) is 1. The van der Waals surface area contributed by atoms with Gasteiger partial charge in [0.25, 0.3) is 0 Å². The highest BCUT2D eigenvalue weighted by molar-refractivity contribution is 14.1. The van der Waals surface area contributed by atoms with E-state index in [1.54, 1.807) is 37.6 Å². The van der Waals surface area contributed by atoms with E-state index in [4.69, 9.17) is 14.6 Å². The van der Waals surface area contributed by atoms with Gasteiger partial charge in [0.2, 0.25) is 0 Å². The number of carbonyl (C=O) groups is 1.